The van der Waals surface area contributed by atoms with Gasteiger partial charge in [0.15, 0.2) is 0 Å². The number of hydrogen-bond acceptors (Lipinski definition) is 1. The average Bonchev–Trinajstić information content (AvgIpc) is 4.08. The van der Waals surface area contributed by atoms with Crippen LogP contribution in [0.5, 0.6) is 0 Å². The Kier molecular flexibility index (Phi) is 8.41. The molecule has 0 bridgehead atoms. The molecule has 14 aromatic rings. The van der Waals surface area contributed by atoms with Crippen molar-refractivity contribution in [2.45, 2.75) is 5.41 Å². The lowest BCUT2D eigenvalue weighted by Gasteiger charge is -2.33. The highest BCUT2D eigenvalue weighted by Gasteiger charge is 2.52. The van der Waals surface area contributed by atoms with E-state index in [9.17, 15) is 0 Å². The molecule has 0 saturated heterocycles. The average molecular weight is 925 g/mol. The van der Waals surface area contributed by atoms with Gasteiger partial charge in [0.2, 0.25) is 0 Å². The van der Waals surface area contributed by atoms with Crippen LogP contribution in [0.25, 0.3) is 104 Å². The van der Waals surface area contributed by atoms with Crippen molar-refractivity contribution in [1.29, 1.82) is 0 Å². The van der Waals surface area contributed by atoms with Crippen LogP contribution in [0, 0.1) is 0 Å². The fraction of sp³-hybridized carbons (Fsp3) is 0.0141. The predicted molar refractivity (Wildman–Crippen MR) is 307 cm³/mol. The summed E-state index contributed by atoms with van der Waals surface area (Å²) in [7, 11) is 0. The highest BCUT2D eigenvalue weighted by atomic mass is 15.1. The zero-order chi connectivity index (χ0) is 47.8. The summed E-state index contributed by atoms with van der Waals surface area (Å²) in [5.74, 6) is 0. The van der Waals surface area contributed by atoms with Gasteiger partial charge in [-0.2, -0.15) is 0 Å². The molecular formula is C71H44N2. The monoisotopic (exact) mass is 924 g/mol. The van der Waals surface area contributed by atoms with Crippen molar-refractivity contribution in [1.82, 2.24) is 4.57 Å². The van der Waals surface area contributed by atoms with Crippen LogP contribution in [0.15, 0.2) is 267 Å². The van der Waals surface area contributed by atoms with Crippen molar-refractivity contribution < 1.29 is 0 Å². The maximum atomic E-state index is 2.57. The second-order valence-electron chi connectivity index (χ2n) is 19.9. The Balaban J connectivity index is 1.04. The predicted octanol–water partition coefficient (Wildman–Crippen LogP) is 18.9. The van der Waals surface area contributed by atoms with Crippen LogP contribution in [-0.4, -0.2) is 4.57 Å². The first-order chi connectivity index (χ1) is 36.2. The van der Waals surface area contributed by atoms with E-state index in [1.54, 1.807) is 0 Å². The first-order valence-electron chi connectivity index (χ1n) is 25.4. The third kappa shape index (κ3) is 5.52. The van der Waals surface area contributed by atoms with Gasteiger partial charge in [-0.15, -0.1) is 0 Å². The molecule has 13 aromatic carbocycles. The van der Waals surface area contributed by atoms with Crippen LogP contribution in [0.4, 0.5) is 17.1 Å². The van der Waals surface area contributed by atoms with E-state index in [0.717, 1.165) is 28.3 Å². The lowest BCUT2D eigenvalue weighted by atomic mass is 9.70. The second kappa shape index (κ2) is 15.3. The summed E-state index contributed by atoms with van der Waals surface area (Å²) in [6.07, 6.45) is 0. The van der Waals surface area contributed by atoms with Crippen LogP contribution >= 0.6 is 0 Å². The number of nitrogens with zero attached hydrogens (tertiary/aromatic N) is 2. The summed E-state index contributed by atoms with van der Waals surface area (Å²) >= 11 is 0. The Morgan fingerprint density at radius 2 is 0.808 bits per heavy atom. The molecule has 1 heterocycles. The van der Waals surface area contributed by atoms with Crippen molar-refractivity contribution in [3.63, 3.8) is 0 Å². The Bertz CT molecular complexity index is 4540. The van der Waals surface area contributed by atoms with Gasteiger partial charge in [-0.25, -0.2) is 0 Å². The molecule has 1 spiro atoms. The second-order valence-corrected chi connectivity index (χ2v) is 19.9. The number of fused-ring (bicyclic) bond motifs is 21. The maximum Gasteiger partial charge on any atom is 0.0726 e. The molecule has 0 amide bonds. The smallest absolute Gasteiger partial charge is 0.0726 e. The van der Waals surface area contributed by atoms with Gasteiger partial charge >= 0.3 is 0 Å². The molecule has 0 saturated carbocycles. The SMILES string of the molecule is c1ccc(N(c2ccc3c4ccccc4c4ccccc4c3c2)c2cc3c(cc2-c2ccc4ccc5c(c4c2)c2ccccc2n5-c2ccccc2)-c2ccccc2C32c3ccccc3-c3ccccc32)cc1. The largest absolute Gasteiger partial charge is 0.310 e. The van der Waals surface area contributed by atoms with Crippen molar-refractivity contribution in [3.8, 4) is 39.1 Å². The molecule has 0 atom stereocenters. The van der Waals surface area contributed by atoms with E-state index in [4.69, 9.17) is 0 Å². The number of rotatable bonds is 5. The molecule has 0 N–H and O–H groups in total. The van der Waals surface area contributed by atoms with Gasteiger partial charge in [-0.1, -0.05) is 200 Å². The van der Waals surface area contributed by atoms with Crippen LogP contribution in [0.1, 0.15) is 22.3 Å². The lowest BCUT2D eigenvalue weighted by Crippen LogP contribution is -2.26. The molecule has 2 aliphatic rings. The van der Waals surface area contributed by atoms with Crippen molar-refractivity contribution in [2.75, 3.05) is 4.90 Å². The van der Waals surface area contributed by atoms with Gasteiger partial charge in [0.25, 0.3) is 0 Å². The fourth-order valence-electron chi connectivity index (χ4n) is 13.4. The van der Waals surface area contributed by atoms with E-state index in [-0.39, 0.29) is 0 Å². The minimum absolute atomic E-state index is 0.526. The Labute approximate surface area is 422 Å². The van der Waals surface area contributed by atoms with E-state index >= 15 is 0 Å². The summed E-state index contributed by atoms with van der Waals surface area (Å²) in [5, 5.41) is 12.5. The minimum atomic E-state index is -0.526. The third-order valence-electron chi connectivity index (χ3n) is 16.3. The molecule has 0 aliphatic heterocycles. The molecule has 0 unspecified atom stereocenters. The van der Waals surface area contributed by atoms with Crippen LogP contribution in [0.2, 0.25) is 0 Å². The lowest BCUT2D eigenvalue weighted by molar-refractivity contribution is 0.794. The van der Waals surface area contributed by atoms with Gasteiger partial charge in [0.1, 0.15) is 0 Å². The molecule has 0 fully saturated rings. The fourth-order valence-corrected chi connectivity index (χ4v) is 13.4. The molecule has 1 aromatic heterocycles. The van der Waals surface area contributed by atoms with Crippen LogP contribution in [0.3, 0.4) is 0 Å². The molecule has 2 aliphatic carbocycles. The van der Waals surface area contributed by atoms with Crippen LogP contribution < -0.4 is 4.90 Å². The summed E-state index contributed by atoms with van der Waals surface area (Å²) in [6.45, 7) is 0. The van der Waals surface area contributed by atoms with Gasteiger partial charge in [-0.3, -0.25) is 0 Å². The highest BCUT2D eigenvalue weighted by molar-refractivity contribution is 6.26. The molecule has 338 valence electrons. The Hall–Kier alpha value is -9.50. The van der Waals surface area contributed by atoms with Gasteiger partial charge in [-0.05, 0) is 160 Å². The molecule has 2 heteroatoms. The third-order valence-corrected chi connectivity index (χ3v) is 16.3. The summed E-state index contributed by atoms with van der Waals surface area (Å²) < 4.78 is 2.43. The molecule has 0 radical (unpaired) electrons. The zero-order valence-electron chi connectivity index (χ0n) is 39.8. The Morgan fingerprint density at radius 3 is 1.47 bits per heavy atom. The zero-order valence-corrected chi connectivity index (χ0v) is 39.8. The van der Waals surface area contributed by atoms with E-state index in [1.165, 1.54) is 115 Å². The topological polar surface area (TPSA) is 8.17 Å². The van der Waals surface area contributed by atoms with Crippen LogP contribution in [-0.2, 0) is 5.41 Å². The van der Waals surface area contributed by atoms with E-state index in [2.05, 4.69) is 276 Å². The van der Waals surface area contributed by atoms with Gasteiger partial charge in [0, 0.05) is 33.4 Å². The van der Waals surface area contributed by atoms with Gasteiger partial charge < -0.3 is 9.47 Å². The molecule has 16 rings (SSSR count). The normalized spacial score (nSPS) is 13.0. The number of para-hydroxylation sites is 3. The van der Waals surface area contributed by atoms with Crippen molar-refractivity contribution in [2.24, 2.45) is 0 Å². The van der Waals surface area contributed by atoms with E-state index < -0.39 is 5.41 Å². The van der Waals surface area contributed by atoms with Crippen molar-refractivity contribution >= 4 is 82.0 Å². The summed E-state index contributed by atoms with van der Waals surface area (Å²) in [5.41, 5.74) is 19.1. The summed E-state index contributed by atoms with van der Waals surface area (Å²) in [4.78, 5) is 2.54. The maximum absolute atomic E-state index is 2.57. The number of benzene rings is 13. The summed E-state index contributed by atoms with van der Waals surface area (Å²) in [6, 6.07) is 100.0. The molecule has 73 heavy (non-hydrogen) atoms. The Morgan fingerprint density at radius 1 is 0.288 bits per heavy atom. The standard InChI is InChI=1S/C71H44N2/c1-3-19-47(20-4-1)72(49-38-39-54-52-25-8-7-23-50(52)51-24-9-10-26-53(51)61(54)42-49)69-44-66-62(57-29-13-17-33-65(57)71(66)63-31-15-11-27-55(63)56-28-12-16-32-64(56)71)43-59(69)46-36-35-45-37-40-68-70(60(45)41-46)58-30-14-18-34-67(58)73(68)48-21-5-2-6-22-48/h1-44H. The van der Waals surface area contributed by atoms with Gasteiger partial charge in [0.05, 0.1) is 22.1 Å². The van der Waals surface area contributed by atoms with Crippen molar-refractivity contribution in [3.05, 3.63) is 289 Å². The first kappa shape index (κ1) is 40.3. The molecule has 2 nitrogen and oxygen atoms in total. The van der Waals surface area contributed by atoms with E-state index in [1.807, 2.05) is 0 Å². The van der Waals surface area contributed by atoms with E-state index in [0.29, 0.717) is 0 Å². The number of anilines is 3. The molecular weight excluding hydrogens is 881 g/mol. The minimum Gasteiger partial charge on any atom is -0.310 e. The first-order valence-corrected chi connectivity index (χ1v) is 25.4. The number of hydrogen-bond donors (Lipinski definition) is 0. The highest BCUT2D eigenvalue weighted by Crippen LogP contribution is 2.64. The number of aromatic nitrogens is 1. The quantitative estimate of drug-likeness (QED) is 0.156.